The number of rotatable bonds is 0. The third-order valence-electron chi connectivity index (χ3n) is 1.89. The Bertz CT molecular complexity index is 317. The van der Waals surface area contributed by atoms with Gasteiger partial charge in [0.25, 0.3) is 0 Å². The van der Waals surface area contributed by atoms with Gasteiger partial charge >= 0.3 is 0 Å². The molecule has 2 heteroatoms. The number of nitrogens with one attached hydrogen (secondary N) is 1. The second-order valence-corrected chi connectivity index (χ2v) is 3.38. The third-order valence-corrected chi connectivity index (χ3v) is 2.13. The Balaban J connectivity index is 2.51. The molecule has 1 nitrogen and oxygen atoms in total. The molecule has 0 amide bonds. The van der Waals surface area contributed by atoms with Crippen LogP contribution in [0.15, 0.2) is 18.2 Å². The van der Waals surface area contributed by atoms with Crippen LogP contribution in [0.1, 0.15) is 11.1 Å². The highest BCUT2D eigenvalue weighted by atomic mass is 32.1. The van der Waals surface area contributed by atoms with E-state index in [-0.39, 0.29) is 0 Å². The van der Waals surface area contributed by atoms with E-state index in [4.69, 9.17) is 12.2 Å². The van der Waals surface area contributed by atoms with E-state index in [1.54, 1.807) is 0 Å². The molecule has 2 rings (SSSR count). The lowest BCUT2D eigenvalue weighted by molar-refractivity contribution is 1.37. The Labute approximate surface area is 71.4 Å². The minimum atomic E-state index is 0.909. The van der Waals surface area contributed by atoms with E-state index in [2.05, 4.69) is 30.4 Å². The summed E-state index contributed by atoms with van der Waals surface area (Å²) in [6.45, 7) is 2.10. The topological polar surface area (TPSA) is 12.0 Å². The fourth-order valence-electron chi connectivity index (χ4n) is 1.36. The van der Waals surface area contributed by atoms with Gasteiger partial charge in [-0.1, -0.05) is 29.9 Å². The molecule has 1 aromatic carbocycles. The van der Waals surface area contributed by atoms with Gasteiger partial charge in [0.2, 0.25) is 0 Å². The van der Waals surface area contributed by atoms with Crippen LogP contribution in [-0.2, 0) is 6.42 Å². The number of thiocarbonyl (C=S) groups is 1. The minimum Gasteiger partial charge on any atom is -0.350 e. The first-order chi connectivity index (χ1) is 5.25. The number of hydrogen-bond donors (Lipinski definition) is 1. The molecule has 0 aliphatic carbocycles. The van der Waals surface area contributed by atoms with Gasteiger partial charge in [0.05, 0.1) is 4.99 Å². The maximum absolute atomic E-state index is 5.06. The summed E-state index contributed by atoms with van der Waals surface area (Å²) in [6, 6.07) is 6.37. The van der Waals surface area contributed by atoms with Crippen molar-refractivity contribution >= 4 is 22.9 Å². The van der Waals surface area contributed by atoms with Crippen LogP contribution in [0.2, 0.25) is 0 Å². The standard InChI is InChI=1S/C9H9NS/c1-6-2-3-8-7(4-6)5-9(11)10-8/h2-4H,5H2,1H3,(H,10,11). The molecule has 0 spiro atoms. The fourth-order valence-corrected chi connectivity index (χ4v) is 1.62. The molecule has 1 aromatic rings. The lowest BCUT2D eigenvalue weighted by Gasteiger charge is -1.98. The highest BCUT2D eigenvalue weighted by Crippen LogP contribution is 2.23. The Kier molecular flexibility index (Phi) is 1.43. The molecule has 0 saturated carbocycles. The van der Waals surface area contributed by atoms with Gasteiger partial charge in [0.15, 0.2) is 0 Å². The highest BCUT2D eigenvalue weighted by Gasteiger charge is 2.13. The Morgan fingerprint density at radius 1 is 1.45 bits per heavy atom. The van der Waals surface area contributed by atoms with Gasteiger partial charge in [-0.3, -0.25) is 0 Å². The van der Waals surface area contributed by atoms with Gasteiger partial charge in [-0.2, -0.15) is 0 Å². The molecule has 1 aliphatic rings. The number of anilines is 1. The molecule has 1 heterocycles. The van der Waals surface area contributed by atoms with Crippen molar-refractivity contribution < 1.29 is 0 Å². The summed E-state index contributed by atoms with van der Waals surface area (Å²) in [7, 11) is 0. The van der Waals surface area contributed by atoms with E-state index < -0.39 is 0 Å². The Morgan fingerprint density at radius 3 is 3.09 bits per heavy atom. The van der Waals surface area contributed by atoms with Crippen molar-refractivity contribution in [2.45, 2.75) is 13.3 Å². The number of benzene rings is 1. The third kappa shape index (κ3) is 1.14. The second kappa shape index (κ2) is 2.31. The van der Waals surface area contributed by atoms with Gasteiger partial charge in [0.1, 0.15) is 0 Å². The zero-order chi connectivity index (χ0) is 7.84. The lowest BCUT2D eigenvalue weighted by atomic mass is 10.1. The van der Waals surface area contributed by atoms with Crippen LogP contribution in [-0.4, -0.2) is 4.99 Å². The van der Waals surface area contributed by atoms with Crippen molar-refractivity contribution in [2.24, 2.45) is 0 Å². The summed E-state index contributed by atoms with van der Waals surface area (Å²) < 4.78 is 0. The number of hydrogen-bond acceptors (Lipinski definition) is 1. The lowest BCUT2D eigenvalue weighted by Crippen LogP contribution is -2.00. The fraction of sp³-hybridized carbons (Fsp3) is 0.222. The monoisotopic (exact) mass is 163 g/mol. The van der Waals surface area contributed by atoms with Crippen LogP contribution in [0.4, 0.5) is 5.69 Å². The molecule has 0 saturated heterocycles. The van der Waals surface area contributed by atoms with Crippen molar-refractivity contribution in [3.8, 4) is 0 Å². The maximum atomic E-state index is 5.06. The molecule has 0 bridgehead atoms. The summed E-state index contributed by atoms with van der Waals surface area (Å²) in [6.07, 6.45) is 0.909. The van der Waals surface area contributed by atoms with Crippen LogP contribution in [0.5, 0.6) is 0 Å². The van der Waals surface area contributed by atoms with E-state index in [1.165, 1.54) is 16.8 Å². The SMILES string of the molecule is Cc1ccc2c(c1)CC(=S)N2. The van der Waals surface area contributed by atoms with Crippen molar-refractivity contribution in [1.29, 1.82) is 0 Å². The molecule has 0 fully saturated rings. The summed E-state index contributed by atoms with van der Waals surface area (Å²) >= 11 is 5.06. The van der Waals surface area contributed by atoms with Crippen LogP contribution in [0, 0.1) is 6.92 Å². The minimum absolute atomic E-state index is 0.909. The first-order valence-corrected chi connectivity index (χ1v) is 4.06. The second-order valence-electron chi connectivity index (χ2n) is 2.89. The van der Waals surface area contributed by atoms with E-state index in [0.29, 0.717) is 0 Å². The van der Waals surface area contributed by atoms with Gasteiger partial charge < -0.3 is 5.32 Å². The smallest absolute Gasteiger partial charge is 0.0842 e. The van der Waals surface area contributed by atoms with E-state index in [0.717, 1.165) is 11.4 Å². The maximum Gasteiger partial charge on any atom is 0.0842 e. The predicted molar refractivity (Wildman–Crippen MR) is 51.1 cm³/mol. The van der Waals surface area contributed by atoms with Gasteiger partial charge in [-0.05, 0) is 18.6 Å². The van der Waals surface area contributed by atoms with Gasteiger partial charge in [-0.25, -0.2) is 0 Å². The van der Waals surface area contributed by atoms with Gasteiger partial charge in [0, 0.05) is 12.1 Å². The van der Waals surface area contributed by atoms with Crippen LogP contribution < -0.4 is 5.32 Å². The van der Waals surface area contributed by atoms with Crippen LogP contribution in [0.25, 0.3) is 0 Å². The first-order valence-electron chi connectivity index (χ1n) is 3.65. The molecule has 11 heavy (non-hydrogen) atoms. The highest BCUT2D eigenvalue weighted by molar-refractivity contribution is 7.80. The van der Waals surface area contributed by atoms with Crippen LogP contribution >= 0.6 is 12.2 Å². The normalized spacial score (nSPS) is 14.5. The van der Waals surface area contributed by atoms with Crippen molar-refractivity contribution in [3.05, 3.63) is 29.3 Å². The van der Waals surface area contributed by atoms with E-state index >= 15 is 0 Å². The summed E-state index contributed by atoms with van der Waals surface area (Å²) in [5, 5.41) is 3.16. The Hall–Kier alpha value is -0.890. The van der Waals surface area contributed by atoms with E-state index in [9.17, 15) is 0 Å². The molecule has 0 aromatic heterocycles. The molecule has 0 radical (unpaired) electrons. The summed E-state index contributed by atoms with van der Waals surface area (Å²) in [5.41, 5.74) is 3.81. The summed E-state index contributed by atoms with van der Waals surface area (Å²) in [5.74, 6) is 0. The van der Waals surface area contributed by atoms with E-state index in [1.807, 2.05) is 0 Å². The molecule has 0 unspecified atom stereocenters. The molecule has 1 N–H and O–H groups in total. The molecule has 1 aliphatic heterocycles. The summed E-state index contributed by atoms with van der Waals surface area (Å²) in [4.78, 5) is 0.936. The van der Waals surface area contributed by atoms with Crippen LogP contribution in [0.3, 0.4) is 0 Å². The Morgan fingerprint density at radius 2 is 2.27 bits per heavy atom. The molecular formula is C9H9NS. The van der Waals surface area contributed by atoms with Crippen molar-refractivity contribution in [1.82, 2.24) is 0 Å². The average molecular weight is 163 g/mol. The van der Waals surface area contributed by atoms with Crippen molar-refractivity contribution in [3.63, 3.8) is 0 Å². The zero-order valence-corrected chi connectivity index (χ0v) is 7.16. The largest absolute Gasteiger partial charge is 0.350 e. The molecular weight excluding hydrogens is 154 g/mol. The molecule has 0 atom stereocenters. The number of fused-ring (bicyclic) bond motifs is 1. The van der Waals surface area contributed by atoms with Crippen molar-refractivity contribution in [2.75, 3.05) is 5.32 Å². The zero-order valence-electron chi connectivity index (χ0n) is 6.35. The first kappa shape index (κ1) is 6.80. The average Bonchev–Trinajstić information content (AvgIpc) is 2.27. The predicted octanol–water partition coefficient (Wildman–Crippen LogP) is 2.29. The quantitative estimate of drug-likeness (QED) is 0.589. The molecule has 56 valence electrons. The van der Waals surface area contributed by atoms with Gasteiger partial charge in [-0.15, -0.1) is 0 Å². The number of aryl methyl sites for hydroxylation is 1.